The molecule has 1 saturated carbocycles. The van der Waals surface area contributed by atoms with Gasteiger partial charge >= 0.3 is 6.18 Å². The topological polar surface area (TPSA) is 114 Å². The van der Waals surface area contributed by atoms with Crippen LogP contribution in [0, 0.1) is 26.2 Å². The lowest BCUT2D eigenvalue weighted by Gasteiger charge is -2.27. The van der Waals surface area contributed by atoms with Crippen molar-refractivity contribution in [3.05, 3.63) is 77.0 Å². The summed E-state index contributed by atoms with van der Waals surface area (Å²) in [6, 6.07) is 5.36. The fraction of sp³-hybridized carbons (Fsp3) is 0.353. The van der Waals surface area contributed by atoms with E-state index in [1.54, 1.807) is 28.4 Å². The molecule has 5 aromatic rings. The van der Waals surface area contributed by atoms with Gasteiger partial charge in [-0.05, 0) is 80.8 Å². The van der Waals surface area contributed by atoms with Crippen molar-refractivity contribution in [1.82, 2.24) is 29.0 Å². The average molecular weight is 646 g/mol. The Morgan fingerprint density at radius 2 is 1.85 bits per heavy atom. The maximum absolute atomic E-state index is 14.1. The number of likely N-dealkylation sites (tertiary alicyclic amines) is 1. The van der Waals surface area contributed by atoms with Crippen molar-refractivity contribution in [1.29, 1.82) is 0 Å². The maximum atomic E-state index is 14.1. The summed E-state index contributed by atoms with van der Waals surface area (Å²) in [4.78, 5) is 50.0. The molecule has 5 heterocycles. The minimum absolute atomic E-state index is 0.225. The van der Waals surface area contributed by atoms with Crippen LogP contribution in [0.5, 0.6) is 0 Å². The summed E-state index contributed by atoms with van der Waals surface area (Å²) in [6.45, 7) is 7.97. The normalized spacial score (nSPS) is 22.3. The summed E-state index contributed by atoms with van der Waals surface area (Å²) < 4.78 is 61.3. The molecule has 47 heavy (non-hydrogen) atoms. The molecule has 1 aromatic carbocycles. The van der Waals surface area contributed by atoms with Crippen molar-refractivity contribution >= 4 is 40.0 Å². The van der Waals surface area contributed by atoms with Gasteiger partial charge in [-0.2, -0.15) is 18.3 Å². The lowest BCUT2D eigenvalue weighted by Crippen LogP contribution is -2.46. The molecule has 2 fully saturated rings. The molecule has 242 valence electrons. The van der Waals surface area contributed by atoms with Gasteiger partial charge in [0.1, 0.15) is 24.1 Å². The van der Waals surface area contributed by atoms with E-state index < -0.39 is 47.6 Å². The lowest BCUT2D eigenvalue weighted by molar-refractivity contribution is -0.141. The molecule has 1 aliphatic carbocycles. The van der Waals surface area contributed by atoms with Gasteiger partial charge in [-0.25, -0.2) is 14.5 Å². The number of alkyl halides is 3. The molecular weight excluding hydrogens is 611 g/mol. The minimum Gasteiger partial charge on any atom is -0.337 e. The van der Waals surface area contributed by atoms with Gasteiger partial charge in [0.2, 0.25) is 11.8 Å². The van der Waals surface area contributed by atoms with Crippen LogP contribution < -0.4 is 5.32 Å². The van der Waals surface area contributed by atoms with Gasteiger partial charge in [0.25, 0.3) is 0 Å². The Bertz CT molecular complexity index is 2250. The van der Waals surface area contributed by atoms with Gasteiger partial charge in [0, 0.05) is 50.0 Å². The monoisotopic (exact) mass is 645 g/mol. The number of carbonyl (C=O) groups is 3. The van der Waals surface area contributed by atoms with Crippen molar-refractivity contribution in [3.8, 4) is 11.1 Å². The van der Waals surface area contributed by atoms with E-state index in [4.69, 9.17) is 2.74 Å². The summed E-state index contributed by atoms with van der Waals surface area (Å²) in [5, 5.41) is 7.42. The Kier molecular flexibility index (Phi) is 6.28. The third kappa shape index (κ3) is 5.23. The van der Waals surface area contributed by atoms with Gasteiger partial charge in [-0.3, -0.25) is 14.4 Å². The van der Waals surface area contributed by atoms with E-state index in [0.717, 1.165) is 28.5 Å². The third-order valence-corrected chi connectivity index (χ3v) is 9.05. The number of piperidine rings is 1. The SMILES string of the molecule is [2H]C1([2H])[C@@H](C(=O)Nc2nc(C(F)(F)F)ccc2C)N(C(=O)Cn2cc(C(C)=O)c3cc(-c4cnc5cc(C)nn5c4)cc(C)c32)[C@@H]2C[C@@]21C. The van der Waals surface area contributed by atoms with Crippen LogP contribution in [0.15, 0.2) is 48.9 Å². The van der Waals surface area contributed by atoms with Crippen molar-refractivity contribution in [2.24, 2.45) is 5.41 Å². The van der Waals surface area contributed by atoms with E-state index in [0.29, 0.717) is 28.5 Å². The number of amides is 2. The van der Waals surface area contributed by atoms with Crippen molar-refractivity contribution in [2.75, 3.05) is 5.32 Å². The number of nitrogens with zero attached hydrogens (tertiary/aromatic N) is 6. The summed E-state index contributed by atoms with van der Waals surface area (Å²) >= 11 is 0. The average Bonchev–Trinajstić information content (AvgIpc) is 3.28. The molecule has 4 aromatic heterocycles. The number of halogens is 3. The molecule has 13 heteroatoms. The van der Waals surface area contributed by atoms with Crippen LogP contribution in [0.1, 0.15) is 62.3 Å². The molecule has 0 radical (unpaired) electrons. The van der Waals surface area contributed by atoms with E-state index in [-0.39, 0.29) is 23.7 Å². The number of hydrogen-bond acceptors (Lipinski definition) is 6. The maximum Gasteiger partial charge on any atom is 0.433 e. The highest BCUT2D eigenvalue weighted by atomic mass is 19.4. The van der Waals surface area contributed by atoms with Crippen LogP contribution in [-0.4, -0.2) is 58.7 Å². The van der Waals surface area contributed by atoms with Crippen molar-refractivity contribution in [2.45, 2.75) is 72.2 Å². The largest absolute Gasteiger partial charge is 0.433 e. The lowest BCUT2D eigenvalue weighted by atomic mass is 10.0. The van der Waals surface area contributed by atoms with Crippen molar-refractivity contribution in [3.63, 3.8) is 0 Å². The second-order valence-corrected chi connectivity index (χ2v) is 12.7. The fourth-order valence-corrected chi connectivity index (χ4v) is 6.57. The second-order valence-electron chi connectivity index (χ2n) is 12.7. The number of fused-ring (bicyclic) bond motifs is 3. The summed E-state index contributed by atoms with van der Waals surface area (Å²) in [6.07, 6.45) is -1.48. The minimum atomic E-state index is -4.76. The number of nitrogens with one attached hydrogen (secondary N) is 1. The number of hydrogen-bond donors (Lipinski definition) is 1. The fourth-order valence-electron chi connectivity index (χ4n) is 6.57. The first-order chi connectivity index (χ1) is 22.9. The van der Waals surface area contributed by atoms with Gasteiger partial charge in [-0.15, -0.1) is 0 Å². The van der Waals surface area contributed by atoms with E-state index in [1.165, 1.54) is 24.8 Å². The predicted molar refractivity (Wildman–Crippen MR) is 168 cm³/mol. The Labute approximate surface area is 270 Å². The molecule has 1 saturated heterocycles. The number of carbonyl (C=O) groups excluding carboxylic acids is 3. The first-order valence-corrected chi connectivity index (χ1v) is 15.0. The molecule has 10 nitrogen and oxygen atoms in total. The van der Waals surface area contributed by atoms with Gasteiger partial charge in [0.15, 0.2) is 11.4 Å². The molecule has 7 rings (SSSR count). The van der Waals surface area contributed by atoms with Gasteiger partial charge in [0.05, 0.1) is 11.2 Å². The van der Waals surface area contributed by atoms with Gasteiger partial charge in [-0.1, -0.05) is 13.0 Å². The van der Waals surface area contributed by atoms with E-state index >= 15 is 0 Å². The van der Waals surface area contributed by atoms with E-state index in [2.05, 4.69) is 20.4 Å². The van der Waals surface area contributed by atoms with Crippen LogP contribution in [0.25, 0.3) is 27.7 Å². The Hall–Kier alpha value is -5.07. The zero-order valence-corrected chi connectivity index (χ0v) is 26.2. The van der Waals surface area contributed by atoms with Crippen LogP contribution in [0.3, 0.4) is 0 Å². The first kappa shape index (κ1) is 28.2. The highest BCUT2D eigenvalue weighted by Crippen LogP contribution is 2.59. The van der Waals surface area contributed by atoms with Gasteiger partial charge < -0.3 is 14.8 Å². The van der Waals surface area contributed by atoms with Crippen LogP contribution >= 0.6 is 0 Å². The number of pyridine rings is 1. The quantitative estimate of drug-likeness (QED) is 0.230. The summed E-state index contributed by atoms with van der Waals surface area (Å²) in [5.74, 6) is -2.12. The van der Waals surface area contributed by atoms with Crippen molar-refractivity contribution < 1.29 is 30.3 Å². The molecule has 0 unspecified atom stereocenters. The zero-order valence-electron chi connectivity index (χ0n) is 28.2. The molecule has 2 aliphatic rings. The molecule has 0 bridgehead atoms. The summed E-state index contributed by atoms with van der Waals surface area (Å²) in [5.41, 5.74) is 2.84. The van der Waals surface area contributed by atoms with Crippen LogP contribution in [-0.2, 0) is 22.3 Å². The number of benzene rings is 1. The highest BCUT2D eigenvalue weighted by molar-refractivity contribution is 6.09. The standard InChI is InChI=1S/C34H32F3N7O3/c1-17-6-7-26(34(35,36)37)39-31(17)40-32(47)25-11-33(5)12-27(33)44(25)29(46)16-42-15-24(20(4)45)23-10-21(8-18(2)30(23)42)22-13-38-28-9-19(3)41-43(28)14-22/h6-10,13-15,25,27H,11-12,16H2,1-5H3,(H,39,40,47)/t25-,27+,33-/m0/s1/i11D2. The zero-order chi connectivity index (χ0) is 35.4. The molecule has 0 spiro atoms. The van der Waals surface area contributed by atoms with E-state index in [1.807, 2.05) is 38.2 Å². The van der Waals surface area contributed by atoms with Crippen LogP contribution in [0.4, 0.5) is 19.0 Å². The molecule has 1 N–H and O–H groups in total. The number of aryl methyl sites for hydroxylation is 3. The number of aromatic nitrogens is 5. The number of Topliss-reactive ketones (excluding diaryl/α,β-unsaturated/α-hetero) is 1. The molecular formula is C34H32F3N7O3. The molecule has 3 atom stereocenters. The molecule has 2 amide bonds. The first-order valence-electron chi connectivity index (χ1n) is 16.0. The highest BCUT2D eigenvalue weighted by Gasteiger charge is 2.64. The Morgan fingerprint density at radius 1 is 1.09 bits per heavy atom. The Balaban J connectivity index is 1.23. The number of rotatable bonds is 6. The predicted octanol–water partition coefficient (Wildman–Crippen LogP) is 5.91. The van der Waals surface area contributed by atoms with E-state index in [9.17, 15) is 27.6 Å². The third-order valence-electron chi connectivity index (χ3n) is 9.05. The summed E-state index contributed by atoms with van der Waals surface area (Å²) in [7, 11) is 0. The number of anilines is 1. The Morgan fingerprint density at radius 3 is 2.57 bits per heavy atom. The smallest absolute Gasteiger partial charge is 0.337 e. The number of ketones is 1. The molecule has 1 aliphatic heterocycles. The second kappa shape index (κ2) is 10.5. The van der Waals surface area contributed by atoms with Crippen LogP contribution in [0.2, 0.25) is 0 Å².